The lowest BCUT2D eigenvalue weighted by Gasteiger charge is -2.41. The first-order valence-electron chi connectivity index (χ1n) is 10.8. The Morgan fingerprint density at radius 2 is 1.78 bits per heavy atom. The van der Waals surface area contributed by atoms with Crippen molar-refractivity contribution in [1.29, 1.82) is 0 Å². The van der Waals surface area contributed by atoms with Crippen molar-refractivity contribution >= 4 is 11.8 Å². The topological polar surface area (TPSA) is 62.7 Å². The quantitative estimate of drug-likeness (QED) is 0.576. The Kier molecular flexibility index (Phi) is 6.80. The highest BCUT2D eigenvalue weighted by Crippen LogP contribution is 2.22. The summed E-state index contributed by atoms with van der Waals surface area (Å²) in [6.07, 6.45) is 5.13. The van der Waals surface area contributed by atoms with Crippen LogP contribution < -0.4 is 4.74 Å². The Labute approximate surface area is 188 Å². The minimum atomic E-state index is -0.133. The summed E-state index contributed by atoms with van der Waals surface area (Å²) in [5.41, 5.74) is 2.77. The minimum absolute atomic E-state index is 0.0416. The zero-order chi connectivity index (χ0) is 22.3. The van der Waals surface area contributed by atoms with E-state index in [-0.39, 0.29) is 24.4 Å². The molecule has 4 rings (SSSR count). The molecule has 1 saturated heterocycles. The standard InChI is InChI=1S/C26H27N3O3/c1-32-24-13-10-22(11-14-24)26(31)28-18-23(12-9-20-6-3-2-4-7-20)29(25(30)19-28)17-21-8-5-15-27-16-21/h2-8,10-11,13-16,23H,9,12,17-19H2,1H3/t23-/m0/s1. The predicted molar refractivity (Wildman–Crippen MR) is 122 cm³/mol. The average Bonchev–Trinajstić information content (AvgIpc) is 2.85. The van der Waals surface area contributed by atoms with Gasteiger partial charge in [0.2, 0.25) is 5.91 Å². The predicted octanol–water partition coefficient (Wildman–Crippen LogP) is 3.58. The summed E-state index contributed by atoms with van der Waals surface area (Å²) in [6, 6.07) is 21.0. The van der Waals surface area contributed by atoms with Crippen LogP contribution in [0.15, 0.2) is 79.1 Å². The zero-order valence-corrected chi connectivity index (χ0v) is 18.2. The van der Waals surface area contributed by atoms with Gasteiger partial charge in [-0.1, -0.05) is 36.4 Å². The van der Waals surface area contributed by atoms with E-state index >= 15 is 0 Å². The van der Waals surface area contributed by atoms with Gasteiger partial charge in [0.25, 0.3) is 5.91 Å². The number of aromatic nitrogens is 1. The maximum atomic E-state index is 13.2. The van der Waals surface area contributed by atoms with E-state index in [2.05, 4.69) is 17.1 Å². The molecule has 0 aliphatic carbocycles. The lowest BCUT2D eigenvalue weighted by molar-refractivity contribution is -0.139. The second kappa shape index (κ2) is 10.1. The minimum Gasteiger partial charge on any atom is -0.497 e. The van der Waals surface area contributed by atoms with Gasteiger partial charge in [-0.25, -0.2) is 0 Å². The highest BCUT2D eigenvalue weighted by atomic mass is 16.5. The van der Waals surface area contributed by atoms with Crippen molar-refractivity contribution in [3.63, 3.8) is 0 Å². The summed E-state index contributed by atoms with van der Waals surface area (Å²) in [7, 11) is 1.59. The van der Waals surface area contributed by atoms with E-state index < -0.39 is 0 Å². The van der Waals surface area contributed by atoms with Gasteiger partial charge in [0.05, 0.1) is 13.2 Å². The Balaban J connectivity index is 1.52. The molecule has 0 radical (unpaired) electrons. The Morgan fingerprint density at radius 1 is 1.03 bits per heavy atom. The normalized spacial score (nSPS) is 16.2. The molecule has 1 aliphatic rings. The van der Waals surface area contributed by atoms with Crippen LogP contribution in [0.1, 0.15) is 27.9 Å². The fourth-order valence-corrected chi connectivity index (χ4v) is 4.08. The molecule has 1 aliphatic heterocycles. The molecule has 2 heterocycles. The van der Waals surface area contributed by atoms with Crippen molar-refractivity contribution in [2.75, 3.05) is 20.2 Å². The van der Waals surface area contributed by atoms with E-state index in [1.165, 1.54) is 5.56 Å². The fraction of sp³-hybridized carbons (Fsp3) is 0.269. The third-order valence-corrected chi connectivity index (χ3v) is 5.83. The second-order valence-electron chi connectivity index (χ2n) is 7.98. The Hall–Kier alpha value is -3.67. The highest BCUT2D eigenvalue weighted by Gasteiger charge is 2.34. The van der Waals surface area contributed by atoms with Crippen LogP contribution in [-0.4, -0.2) is 52.8 Å². The van der Waals surface area contributed by atoms with E-state index in [0.717, 1.165) is 18.4 Å². The number of carbonyl (C=O) groups excluding carboxylic acids is 2. The molecule has 32 heavy (non-hydrogen) atoms. The summed E-state index contributed by atoms with van der Waals surface area (Å²) < 4.78 is 5.18. The average molecular weight is 430 g/mol. The number of aryl methyl sites for hydroxylation is 1. The first kappa shape index (κ1) is 21.6. The third-order valence-electron chi connectivity index (χ3n) is 5.83. The molecule has 1 fully saturated rings. The number of carbonyl (C=O) groups is 2. The van der Waals surface area contributed by atoms with Gasteiger partial charge in [-0.3, -0.25) is 14.6 Å². The smallest absolute Gasteiger partial charge is 0.254 e. The molecular weight excluding hydrogens is 402 g/mol. The molecule has 0 N–H and O–H groups in total. The van der Waals surface area contributed by atoms with Gasteiger partial charge < -0.3 is 14.5 Å². The van der Waals surface area contributed by atoms with Gasteiger partial charge in [-0.2, -0.15) is 0 Å². The van der Waals surface area contributed by atoms with Crippen molar-refractivity contribution in [3.8, 4) is 5.75 Å². The summed E-state index contributed by atoms with van der Waals surface area (Å²) >= 11 is 0. The molecule has 0 unspecified atom stereocenters. The number of rotatable bonds is 7. The molecule has 164 valence electrons. The van der Waals surface area contributed by atoms with Crippen molar-refractivity contribution in [3.05, 3.63) is 95.8 Å². The van der Waals surface area contributed by atoms with Gasteiger partial charge in [-0.15, -0.1) is 0 Å². The second-order valence-corrected chi connectivity index (χ2v) is 7.98. The van der Waals surface area contributed by atoms with Gasteiger partial charge >= 0.3 is 0 Å². The van der Waals surface area contributed by atoms with Crippen LogP contribution in [0.3, 0.4) is 0 Å². The van der Waals surface area contributed by atoms with E-state index in [4.69, 9.17) is 4.74 Å². The van der Waals surface area contributed by atoms with Gasteiger partial charge in [0, 0.05) is 31.0 Å². The number of hydrogen-bond donors (Lipinski definition) is 0. The molecular formula is C26H27N3O3. The number of pyridine rings is 1. The van der Waals surface area contributed by atoms with Crippen LogP contribution in [0, 0.1) is 0 Å². The van der Waals surface area contributed by atoms with Crippen molar-refractivity contribution in [2.24, 2.45) is 0 Å². The molecule has 1 aromatic heterocycles. The molecule has 0 bridgehead atoms. The largest absolute Gasteiger partial charge is 0.497 e. The number of piperazine rings is 1. The molecule has 1 atom stereocenters. The first-order valence-corrected chi connectivity index (χ1v) is 10.8. The fourth-order valence-electron chi connectivity index (χ4n) is 4.08. The molecule has 6 nitrogen and oxygen atoms in total. The van der Waals surface area contributed by atoms with E-state index in [1.54, 1.807) is 48.7 Å². The van der Waals surface area contributed by atoms with Gasteiger partial charge in [0.1, 0.15) is 12.3 Å². The van der Waals surface area contributed by atoms with Crippen molar-refractivity contribution < 1.29 is 14.3 Å². The molecule has 0 spiro atoms. The van der Waals surface area contributed by atoms with Crippen LogP contribution in [0.5, 0.6) is 5.75 Å². The number of hydrogen-bond acceptors (Lipinski definition) is 4. The number of ether oxygens (including phenoxy) is 1. The molecule has 2 aromatic carbocycles. The summed E-state index contributed by atoms with van der Waals surface area (Å²) in [5, 5.41) is 0. The van der Waals surface area contributed by atoms with Gasteiger partial charge in [0.15, 0.2) is 0 Å². The monoisotopic (exact) mass is 429 g/mol. The summed E-state index contributed by atoms with van der Waals surface area (Å²) in [5.74, 6) is 0.520. The summed E-state index contributed by atoms with van der Waals surface area (Å²) in [4.78, 5) is 34.0. The lowest BCUT2D eigenvalue weighted by Crippen LogP contribution is -2.57. The number of amides is 2. The van der Waals surface area contributed by atoms with Crippen LogP contribution >= 0.6 is 0 Å². The van der Waals surface area contributed by atoms with Gasteiger partial charge in [-0.05, 0) is 54.3 Å². The number of benzene rings is 2. The Morgan fingerprint density at radius 3 is 2.47 bits per heavy atom. The van der Waals surface area contributed by atoms with Crippen molar-refractivity contribution in [1.82, 2.24) is 14.8 Å². The SMILES string of the molecule is COc1ccc(C(=O)N2CC(=O)N(Cc3cccnc3)[C@@H](CCc3ccccc3)C2)cc1. The maximum absolute atomic E-state index is 13.2. The van der Waals surface area contributed by atoms with Crippen LogP contribution in [0.25, 0.3) is 0 Å². The van der Waals surface area contributed by atoms with E-state index in [9.17, 15) is 9.59 Å². The third kappa shape index (κ3) is 5.14. The number of nitrogens with zero attached hydrogens (tertiary/aromatic N) is 3. The highest BCUT2D eigenvalue weighted by molar-refractivity contribution is 5.97. The molecule has 2 amide bonds. The van der Waals surface area contributed by atoms with Crippen LogP contribution in [0.2, 0.25) is 0 Å². The maximum Gasteiger partial charge on any atom is 0.254 e. The van der Waals surface area contributed by atoms with E-state index in [1.807, 2.05) is 35.2 Å². The van der Waals surface area contributed by atoms with E-state index in [0.29, 0.717) is 24.4 Å². The summed E-state index contributed by atoms with van der Waals surface area (Å²) in [6.45, 7) is 1.08. The van der Waals surface area contributed by atoms with Crippen molar-refractivity contribution in [2.45, 2.75) is 25.4 Å². The molecule has 3 aromatic rings. The molecule has 6 heteroatoms. The Bertz CT molecular complexity index is 1040. The van der Waals surface area contributed by atoms with Crippen LogP contribution in [0.4, 0.5) is 0 Å². The molecule has 0 saturated carbocycles. The zero-order valence-electron chi connectivity index (χ0n) is 18.2. The number of methoxy groups -OCH3 is 1. The lowest BCUT2D eigenvalue weighted by atomic mass is 10.0. The first-order chi connectivity index (χ1) is 15.6. The van der Waals surface area contributed by atoms with Crippen LogP contribution in [-0.2, 0) is 17.8 Å².